The number of aromatic nitrogens is 3. The molecule has 7 heterocycles. The van der Waals surface area contributed by atoms with Crippen LogP contribution in [0.1, 0.15) is 27.8 Å². The van der Waals surface area contributed by atoms with E-state index in [2.05, 4.69) is 27.1 Å². The number of carboxylic acid groups (broad SMARTS) is 1. The fraction of sp³-hybridized carbons (Fsp3) is 0.182. The molecule has 0 bridgehead atoms. The number of carbonyl (C=O) groups is 1. The lowest BCUT2D eigenvalue weighted by molar-refractivity contribution is -0.131. The van der Waals surface area contributed by atoms with Gasteiger partial charge in [-0.3, -0.25) is 4.79 Å². The number of ether oxygens (including phenoxy) is 4. The van der Waals surface area contributed by atoms with E-state index in [9.17, 15) is 9.59 Å². The van der Waals surface area contributed by atoms with E-state index in [0.717, 1.165) is 113 Å². The number of aliphatic carboxylic acids is 1. The molecule has 4 aromatic carbocycles. The maximum atomic E-state index is 11.5. The summed E-state index contributed by atoms with van der Waals surface area (Å²) in [6, 6.07) is 23.5. The maximum Gasteiger partial charge on any atom is 0.328 e. The molecule has 2 N–H and O–H groups in total. The van der Waals surface area contributed by atoms with Gasteiger partial charge in [0.15, 0.2) is 0 Å². The average molecular weight is 789 g/mol. The zero-order valence-electron chi connectivity index (χ0n) is 30.0. The van der Waals surface area contributed by atoms with Crippen LogP contribution in [0.2, 0.25) is 10.3 Å². The molecule has 0 aliphatic carbocycles. The van der Waals surface area contributed by atoms with Crippen LogP contribution in [0.25, 0.3) is 38.4 Å². The van der Waals surface area contributed by atoms with Crippen molar-refractivity contribution in [3.8, 4) is 23.0 Å². The van der Waals surface area contributed by atoms with Gasteiger partial charge in [0.1, 0.15) is 33.3 Å². The molecule has 0 spiro atoms. The molecule has 0 amide bonds. The summed E-state index contributed by atoms with van der Waals surface area (Å²) in [5, 5.41) is 15.3. The first-order valence-electron chi connectivity index (χ1n) is 18.2. The molecule has 0 saturated heterocycles. The molecule has 12 heteroatoms. The summed E-state index contributed by atoms with van der Waals surface area (Å²) >= 11 is 12.0. The third-order valence-electron chi connectivity index (χ3n) is 9.85. The second kappa shape index (κ2) is 16.3. The first-order chi connectivity index (χ1) is 27.4. The summed E-state index contributed by atoms with van der Waals surface area (Å²) in [6.45, 7) is 2.96. The Morgan fingerprint density at radius 2 is 1.05 bits per heavy atom. The minimum Gasteiger partial charge on any atom is -0.492 e. The Bertz CT molecular complexity index is 2620. The van der Waals surface area contributed by atoms with Gasteiger partial charge in [-0.15, -0.1) is 0 Å². The van der Waals surface area contributed by atoms with Crippen LogP contribution in [-0.2, 0) is 30.5 Å². The number of carboxylic acids is 1. The first kappa shape index (κ1) is 36.9. The Balaban J connectivity index is 0.000000105. The number of hydrogen-bond acceptors (Lipinski definition) is 8. The number of aromatic amines is 1. The molecule has 0 unspecified atom stereocenters. The monoisotopic (exact) mass is 787 g/mol. The van der Waals surface area contributed by atoms with Gasteiger partial charge in [0.05, 0.1) is 31.8 Å². The third-order valence-corrected chi connectivity index (χ3v) is 10.5. The molecule has 0 fully saturated rings. The molecule has 4 aliphatic heterocycles. The van der Waals surface area contributed by atoms with Gasteiger partial charge in [-0.2, -0.15) is 0 Å². The Labute approximate surface area is 331 Å². The second-order valence-electron chi connectivity index (χ2n) is 13.2. The van der Waals surface area contributed by atoms with E-state index >= 15 is 0 Å². The largest absolute Gasteiger partial charge is 0.492 e. The van der Waals surface area contributed by atoms with Crippen molar-refractivity contribution >= 4 is 67.6 Å². The molecule has 4 aliphatic rings. The van der Waals surface area contributed by atoms with E-state index in [-0.39, 0.29) is 5.56 Å². The zero-order valence-corrected chi connectivity index (χ0v) is 31.5. The van der Waals surface area contributed by atoms with Crippen molar-refractivity contribution in [1.29, 1.82) is 0 Å². The molecular weight excluding hydrogens is 753 g/mol. The molecule has 3 aromatic heterocycles. The van der Waals surface area contributed by atoms with E-state index in [4.69, 9.17) is 47.3 Å². The van der Waals surface area contributed by atoms with Crippen molar-refractivity contribution in [3.63, 3.8) is 0 Å². The van der Waals surface area contributed by atoms with Gasteiger partial charge in [0.25, 0.3) is 5.56 Å². The zero-order chi connectivity index (χ0) is 38.6. The van der Waals surface area contributed by atoms with Crippen molar-refractivity contribution in [2.75, 3.05) is 26.4 Å². The Morgan fingerprint density at radius 1 is 0.589 bits per heavy atom. The Hall–Kier alpha value is -6.10. The van der Waals surface area contributed by atoms with Crippen molar-refractivity contribution in [2.24, 2.45) is 0 Å². The summed E-state index contributed by atoms with van der Waals surface area (Å²) < 4.78 is 22.1. The number of rotatable bonds is 2. The number of para-hydroxylation sites is 1. The van der Waals surface area contributed by atoms with Gasteiger partial charge < -0.3 is 29.0 Å². The van der Waals surface area contributed by atoms with Crippen molar-refractivity contribution in [3.05, 3.63) is 146 Å². The van der Waals surface area contributed by atoms with Gasteiger partial charge >= 0.3 is 5.97 Å². The highest BCUT2D eigenvalue weighted by Crippen LogP contribution is 2.37. The normalized spacial score (nSPS) is 14.0. The lowest BCUT2D eigenvalue weighted by atomic mass is 10.1. The fourth-order valence-corrected chi connectivity index (χ4v) is 7.63. The van der Waals surface area contributed by atoms with Crippen LogP contribution in [0, 0.1) is 0 Å². The highest BCUT2D eigenvalue weighted by Gasteiger charge is 2.18. The minimum absolute atomic E-state index is 0.0548. The Morgan fingerprint density at radius 3 is 1.57 bits per heavy atom. The van der Waals surface area contributed by atoms with Gasteiger partial charge in [0.2, 0.25) is 0 Å². The summed E-state index contributed by atoms with van der Waals surface area (Å²) in [7, 11) is 0. The van der Waals surface area contributed by atoms with Crippen LogP contribution in [0.15, 0.2) is 102 Å². The summed E-state index contributed by atoms with van der Waals surface area (Å²) in [5.74, 6) is 2.72. The third kappa shape index (κ3) is 7.58. The lowest BCUT2D eigenvalue weighted by Crippen LogP contribution is -2.04. The molecule has 0 saturated carbocycles. The SMILES string of the molecule is Clc1nccc2c3c(ccc12)CCO3.Clc1nccc2c3c(ccc12)CCO3.O=C(O)/C=C/c1cccc2c1OCC2.O=c1[nH]ccc2c3c(ccc12)CCO3. The number of nitrogens with zero attached hydrogens (tertiary/aromatic N) is 2. The van der Waals surface area contributed by atoms with Crippen LogP contribution >= 0.6 is 23.2 Å². The number of halogens is 2. The number of fused-ring (bicyclic) bond motifs is 10. The van der Waals surface area contributed by atoms with Crippen LogP contribution in [0.5, 0.6) is 23.0 Å². The number of nitrogens with one attached hydrogen (secondary N) is 1. The number of pyridine rings is 3. The second-order valence-corrected chi connectivity index (χ2v) is 13.9. The van der Waals surface area contributed by atoms with Crippen LogP contribution in [0.3, 0.4) is 0 Å². The fourth-order valence-electron chi connectivity index (χ4n) is 7.18. The van der Waals surface area contributed by atoms with Crippen molar-refractivity contribution in [1.82, 2.24) is 15.0 Å². The van der Waals surface area contributed by atoms with E-state index in [1.54, 1.807) is 24.7 Å². The van der Waals surface area contributed by atoms with Gasteiger partial charge in [0, 0.05) is 82.8 Å². The maximum absolute atomic E-state index is 11.5. The highest BCUT2D eigenvalue weighted by atomic mass is 35.5. The van der Waals surface area contributed by atoms with Gasteiger partial charge in [-0.25, -0.2) is 14.8 Å². The number of benzene rings is 4. The number of hydrogen-bond donors (Lipinski definition) is 2. The minimum atomic E-state index is -0.944. The molecule has 0 radical (unpaired) electrons. The quantitative estimate of drug-likeness (QED) is 0.130. The first-order valence-corrected chi connectivity index (χ1v) is 18.9. The smallest absolute Gasteiger partial charge is 0.328 e. The summed E-state index contributed by atoms with van der Waals surface area (Å²) in [5.41, 5.74) is 5.66. The van der Waals surface area contributed by atoms with Crippen LogP contribution in [0.4, 0.5) is 0 Å². The van der Waals surface area contributed by atoms with Crippen LogP contribution in [-0.4, -0.2) is 52.5 Å². The molecule has 56 heavy (non-hydrogen) atoms. The molecule has 10 nitrogen and oxygen atoms in total. The molecule has 282 valence electrons. The predicted octanol–water partition coefficient (Wildman–Crippen LogP) is 8.83. The standard InChI is InChI=1S/2C11H8ClNO.C11H9NO2.C11H10O3/c2*12-11-9-2-1-7-4-6-14-10(7)8(9)3-5-13-11;13-11-9-2-1-7-4-6-14-10(7)8(9)3-5-12-11;12-10(13)5-4-8-2-1-3-9-6-7-14-11(8)9/h2*1-3,5H,4,6H2;1-3,5H,4,6H2,(H,12,13);1-5H,6-7H2,(H,12,13)/b;;;5-4+. The van der Waals surface area contributed by atoms with Crippen molar-refractivity contribution in [2.45, 2.75) is 25.7 Å². The number of H-pyrrole nitrogens is 1. The summed E-state index contributed by atoms with van der Waals surface area (Å²) in [4.78, 5) is 32.6. The van der Waals surface area contributed by atoms with E-state index in [1.165, 1.54) is 16.7 Å². The molecule has 0 atom stereocenters. The molecule has 7 aromatic rings. The summed E-state index contributed by atoms with van der Waals surface area (Å²) in [6.07, 6.45) is 11.6. The highest BCUT2D eigenvalue weighted by molar-refractivity contribution is 6.34. The van der Waals surface area contributed by atoms with E-state index in [0.29, 0.717) is 22.3 Å². The average Bonchev–Trinajstić information content (AvgIpc) is 4.05. The predicted molar refractivity (Wildman–Crippen MR) is 218 cm³/mol. The molecular formula is C44H35Cl2N3O7. The van der Waals surface area contributed by atoms with Crippen molar-refractivity contribution < 1.29 is 28.8 Å². The Kier molecular flexibility index (Phi) is 10.7. The topological polar surface area (TPSA) is 133 Å². The lowest BCUT2D eigenvalue weighted by Gasteiger charge is -2.04. The van der Waals surface area contributed by atoms with Gasteiger partial charge in [-0.05, 0) is 52.6 Å². The van der Waals surface area contributed by atoms with Gasteiger partial charge in [-0.1, -0.05) is 71.7 Å². The molecule has 11 rings (SSSR count). The van der Waals surface area contributed by atoms with E-state index < -0.39 is 5.97 Å². The van der Waals surface area contributed by atoms with E-state index in [1.807, 2.05) is 60.7 Å². The van der Waals surface area contributed by atoms with Crippen LogP contribution < -0.4 is 24.5 Å².